The number of nitrogens with one attached hydrogen (secondary N) is 1. The van der Waals surface area contributed by atoms with Gasteiger partial charge in [0, 0.05) is 25.8 Å². The van der Waals surface area contributed by atoms with Gasteiger partial charge in [-0.1, -0.05) is 0 Å². The number of hydrogen-bond donors (Lipinski definition) is 4. The first-order chi connectivity index (χ1) is 12.6. The van der Waals surface area contributed by atoms with Crippen LogP contribution in [0.3, 0.4) is 0 Å². The van der Waals surface area contributed by atoms with E-state index in [1.807, 2.05) is 4.98 Å². The van der Waals surface area contributed by atoms with Gasteiger partial charge in [0.25, 0.3) is 5.56 Å². The predicted molar refractivity (Wildman–Crippen MR) is 90.9 cm³/mol. The van der Waals surface area contributed by atoms with E-state index in [1.165, 1.54) is 7.11 Å². The van der Waals surface area contributed by atoms with Crippen molar-refractivity contribution in [2.75, 3.05) is 7.11 Å². The third-order valence-electron chi connectivity index (χ3n) is 3.96. The van der Waals surface area contributed by atoms with Gasteiger partial charge in [0.1, 0.15) is 18.4 Å². The summed E-state index contributed by atoms with van der Waals surface area (Å²) in [7, 11) is -1.24. The number of aromatic amines is 1. The van der Waals surface area contributed by atoms with E-state index in [0.29, 0.717) is 0 Å². The van der Waals surface area contributed by atoms with Gasteiger partial charge in [0.15, 0.2) is 18.2 Å². The van der Waals surface area contributed by atoms with E-state index in [9.17, 15) is 23.7 Å². The maximum Gasteiger partial charge on any atom is 0.582 e. The molecule has 0 radical (unpaired) electrons. The van der Waals surface area contributed by atoms with Gasteiger partial charge in [-0.15, -0.1) is 4.52 Å². The Balaban J connectivity index is 2.41. The molecule has 5 atom stereocenters. The highest BCUT2D eigenvalue weighted by molar-refractivity contribution is 8.39. The summed E-state index contributed by atoms with van der Waals surface area (Å²) in [4.78, 5) is 47.6. The van der Waals surface area contributed by atoms with Crippen LogP contribution in [0.5, 0.6) is 0 Å². The Kier molecular flexibility index (Phi) is 6.89. The molecule has 148 valence electrons. The summed E-state index contributed by atoms with van der Waals surface area (Å²) >= 11 is 3.64. The molecule has 0 aliphatic carbocycles. The smallest absolute Gasteiger partial charge is 0.481 e. The molecular formula is C13H16N2O10PS+. The molecule has 0 saturated carbocycles. The van der Waals surface area contributed by atoms with Crippen LogP contribution in [0.2, 0.25) is 0 Å². The monoisotopic (exact) mass is 423 g/mol. The zero-order valence-corrected chi connectivity index (χ0v) is 15.5. The van der Waals surface area contributed by atoms with E-state index in [1.54, 1.807) is 0 Å². The van der Waals surface area contributed by atoms with Crippen LogP contribution in [0.25, 0.3) is 0 Å². The van der Waals surface area contributed by atoms with E-state index in [4.69, 9.17) is 24.2 Å². The molecule has 2 heterocycles. The summed E-state index contributed by atoms with van der Waals surface area (Å²) in [6.07, 6.45) is -4.04. The molecule has 3 N–H and O–H groups in total. The SMILES string of the molecule is COC1C(O[P+](=O)S)C(CC(C(=O)O)C(=O)O)O[C@H]1n1ccc(=O)[nH]c1=O. The van der Waals surface area contributed by atoms with Crippen LogP contribution < -0.4 is 11.2 Å². The molecule has 1 aliphatic rings. The van der Waals surface area contributed by atoms with Crippen LogP contribution >= 0.6 is 19.5 Å². The molecule has 4 unspecified atom stereocenters. The van der Waals surface area contributed by atoms with E-state index in [2.05, 4.69) is 12.2 Å². The normalized spacial score (nSPS) is 25.5. The minimum absolute atomic E-state index is 0.541. The van der Waals surface area contributed by atoms with Crippen molar-refractivity contribution >= 4 is 31.4 Å². The van der Waals surface area contributed by atoms with Gasteiger partial charge in [-0.25, -0.2) is 4.79 Å². The van der Waals surface area contributed by atoms with E-state index < -0.39 is 67.3 Å². The van der Waals surface area contributed by atoms with Crippen molar-refractivity contribution in [3.05, 3.63) is 33.1 Å². The second kappa shape index (κ2) is 8.76. The third-order valence-corrected chi connectivity index (χ3v) is 4.67. The fourth-order valence-electron chi connectivity index (χ4n) is 2.77. The zero-order chi connectivity index (χ0) is 20.3. The number of methoxy groups -OCH3 is 1. The summed E-state index contributed by atoms with van der Waals surface area (Å²) in [5.74, 6) is -5.03. The van der Waals surface area contributed by atoms with Crippen LogP contribution in [0.4, 0.5) is 0 Å². The molecule has 1 fully saturated rings. The molecule has 14 heteroatoms. The largest absolute Gasteiger partial charge is 0.582 e. The van der Waals surface area contributed by atoms with Crippen molar-refractivity contribution in [2.45, 2.75) is 31.0 Å². The summed E-state index contributed by atoms with van der Waals surface area (Å²) in [6, 6.07) is 1.05. The van der Waals surface area contributed by atoms with Crippen LogP contribution in [-0.2, 0) is 28.2 Å². The van der Waals surface area contributed by atoms with Crippen LogP contribution in [0, 0.1) is 5.92 Å². The number of ether oxygens (including phenoxy) is 2. The molecule has 1 saturated heterocycles. The van der Waals surface area contributed by atoms with Crippen molar-refractivity contribution in [3.63, 3.8) is 0 Å². The lowest BCUT2D eigenvalue weighted by atomic mass is 9.97. The van der Waals surface area contributed by atoms with Gasteiger partial charge < -0.3 is 19.7 Å². The number of carbonyl (C=O) groups is 2. The molecule has 27 heavy (non-hydrogen) atoms. The lowest BCUT2D eigenvalue weighted by Crippen LogP contribution is -2.39. The molecule has 1 aromatic heterocycles. The Morgan fingerprint density at radius 3 is 2.48 bits per heavy atom. The first-order valence-corrected chi connectivity index (χ1v) is 9.77. The average Bonchev–Trinajstić information content (AvgIpc) is 2.88. The van der Waals surface area contributed by atoms with Crippen molar-refractivity contribution in [2.24, 2.45) is 5.92 Å². The van der Waals surface area contributed by atoms with Gasteiger partial charge in [-0.05, 0) is 4.57 Å². The van der Waals surface area contributed by atoms with Crippen LogP contribution in [0.1, 0.15) is 12.6 Å². The Hall–Kier alpha value is -2.05. The Morgan fingerprint density at radius 2 is 2.00 bits per heavy atom. The highest BCUT2D eigenvalue weighted by Gasteiger charge is 2.52. The highest BCUT2D eigenvalue weighted by atomic mass is 32.7. The van der Waals surface area contributed by atoms with E-state index in [-0.39, 0.29) is 0 Å². The number of carboxylic acids is 2. The number of rotatable bonds is 8. The molecular weight excluding hydrogens is 407 g/mol. The number of thiol groups is 1. The lowest BCUT2D eigenvalue weighted by molar-refractivity contribution is -0.157. The Labute approximate surface area is 157 Å². The maximum atomic E-state index is 12.0. The number of aromatic nitrogens is 2. The van der Waals surface area contributed by atoms with Gasteiger partial charge in [0.05, 0.1) is 6.10 Å². The van der Waals surface area contributed by atoms with Crippen LogP contribution in [-0.4, -0.2) is 57.1 Å². The quantitative estimate of drug-likeness (QED) is 0.245. The van der Waals surface area contributed by atoms with Gasteiger partial charge in [0.2, 0.25) is 0 Å². The van der Waals surface area contributed by atoms with Crippen LogP contribution in [0.15, 0.2) is 21.9 Å². The standard InChI is InChI=1S/C13H15N2O10PS/c1-23-9-8(25-26(22)27)6(4-5(11(17)18)12(19)20)24-10(9)15-3-2-7(16)14-13(15)21/h2-3,5-6,8-10H,4H2,1H3,(H3-,14,16,17,18,19,20,21,22,27)/p+1/t6?,8?,9?,10-/m1/s1. The Morgan fingerprint density at radius 1 is 1.37 bits per heavy atom. The predicted octanol–water partition coefficient (Wildman–Crippen LogP) is -0.403. The molecule has 0 amide bonds. The summed E-state index contributed by atoms with van der Waals surface area (Å²) in [5, 5.41) is 18.2. The fourth-order valence-corrected chi connectivity index (χ4v) is 3.56. The number of H-pyrrole nitrogens is 1. The molecule has 1 aromatic rings. The molecule has 12 nitrogen and oxygen atoms in total. The minimum Gasteiger partial charge on any atom is -0.481 e. The molecule has 0 bridgehead atoms. The van der Waals surface area contributed by atoms with Crippen molar-refractivity contribution in [1.82, 2.24) is 9.55 Å². The zero-order valence-electron chi connectivity index (χ0n) is 13.8. The third kappa shape index (κ3) is 4.82. The topological polar surface area (TPSA) is 174 Å². The Bertz CT molecular complexity index is 840. The van der Waals surface area contributed by atoms with E-state index >= 15 is 0 Å². The number of aliphatic carboxylic acids is 2. The summed E-state index contributed by atoms with van der Waals surface area (Å²) in [6.45, 7) is 0. The van der Waals surface area contributed by atoms with Crippen molar-refractivity contribution in [1.29, 1.82) is 0 Å². The number of carboxylic acid groups (broad SMARTS) is 2. The van der Waals surface area contributed by atoms with Crippen molar-refractivity contribution < 1.29 is 38.4 Å². The second-order valence-electron chi connectivity index (χ2n) is 5.56. The molecule has 0 spiro atoms. The summed E-state index contributed by atoms with van der Waals surface area (Å²) in [5.41, 5.74) is -1.49. The maximum absolute atomic E-state index is 12.0. The first kappa shape index (κ1) is 21.3. The fraction of sp³-hybridized carbons (Fsp3) is 0.538. The molecule has 2 rings (SSSR count). The van der Waals surface area contributed by atoms with Crippen molar-refractivity contribution in [3.8, 4) is 0 Å². The first-order valence-electron chi connectivity index (χ1n) is 7.44. The minimum atomic E-state index is -2.48. The highest BCUT2D eigenvalue weighted by Crippen LogP contribution is 2.41. The average molecular weight is 423 g/mol. The molecule has 0 aromatic carbocycles. The van der Waals surface area contributed by atoms with Gasteiger partial charge in [-0.3, -0.25) is 23.9 Å². The van der Waals surface area contributed by atoms with Gasteiger partial charge >= 0.3 is 24.9 Å². The second-order valence-corrected chi connectivity index (χ2v) is 7.22. The summed E-state index contributed by atoms with van der Waals surface area (Å²) < 4.78 is 28.4. The van der Waals surface area contributed by atoms with Gasteiger partial charge in [-0.2, -0.15) is 0 Å². The molecule has 1 aliphatic heterocycles. The van der Waals surface area contributed by atoms with E-state index in [0.717, 1.165) is 16.8 Å². The number of hydrogen-bond acceptors (Lipinski definition) is 8. The lowest BCUT2D eigenvalue weighted by Gasteiger charge is -2.20. The number of nitrogens with zero attached hydrogens (tertiary/aromatic N) is 1.